The monoisotopic (exact) mass is 306 g/mol. The molecule has 3 aliphatic rings. The first-order chi connectivity index (χ1) is 8.74. The Morgan fingerprint density at radius 3 is 2.67 bits per heavy atom. The smallest absolute Gasteiger partial charge is 0.229 e. The van der Waals surface area contributed by atoms with E-state index in [4.69, 9.17) is 0 Å². The number of halogens is 1. The molecule has 0 radical (unpaired) electrons. The number of pyridine rings is 1. The van der Waals surface area contributed by atoms with Gasteiger partial charge in [0.1, 0.15) is 10.4 Å². The molecular weight excluding hydrogens is 292 g/mol. The molecule has 3 saturated carbocycles. The van der Waals surface area contributed by atoms with Crippen molar-refractivity contribution in [2.24, 2.45) is 29.6 Å². The van der Waals surface area contributed by atoms with Gasteiger partial charge in [0, 0.05) is 5.92 Å². The largest absolute Gasteiger partial charge is 0.310 e. The lowest BCUT2D eigenvalue weighted by atomic mass is 10.0. The molecule has 4 rings (SSSR count). The van der Waals surface area contributed by atoms with Crippen LogP contribution in [0.3, 0.4) is 0 Å². The molecule has 1 amide bonds. The summed E-state index contributed by atoms with van der Waals surface area (Å²) in [6.07, 6.45) is 4.09. The molecule has 3 fully saturated rings. The summed E-state index contributed by atoms with van der Waals surface area (Å²) in [5.41, 5.74) is 0. The van der Waals surface area contributed by atoms with Crippen LogP contribution in [0.4, 0.5) is 5.82 Å². The van der Waals surface area contributed by atoms with E-state index in [-0.39, 0.29) is 11.8 Å². The number of amides is 1. The van der Waals surface area contributed by atoms with Gasteiger partial charge in [0.2, 0.25) is 5.91 Å². The lowest BCUT2D eigenvalue weighted by molar-refractivity contribution is -0.118. The van der Waals surface area contributed by atoms with E-state index in [0.717, 1.165) is 16.4 Å². The van der Waals surface area contributed by atoms with E-state index in [9.17, 15) is 4.79 Å². The van der Waals surface area contributed by atoms with Crippen LogP contribution in [0.2, 0.25) is 0 Å². The fourth-order valence-electron chi connectivity index (χ4n) is 4.36. The van der Waals surface area contributed by atoms with Crippen LogP contribution in [0.15, 0.2) is 22.8 Å². The first kappa shape index (κ1) is 11.0. The molecule has 1 aromatic rings. The highest BCUT2D eigenvalue weighted by atomic mass is 79.9. The van der Waals surface area contributed by atoms with Crippen molar-refractivity contribution in [2.45, 2.75) is 19.3 Å². The van der Waals surface area contributed by atoms with E-state index < -0.39 is 0 Å². The number of carbonyl (C=O) groups is 1. The van der Waals surface area contributed by atoms with Crippen molar-refractivity contribution in [1.29, 1.82) is 0 Å². The molecule has 4 unspecified atom stereocenters. The summed E-state index contributed by atoms with van der Waals surface area (Å²) >= 11 is 3.32. The van der Waals surface area contributed by atoms with Gasteiger partial charge in [-0.05, 0) is 71.0 Å². The Balaban J connectivity index is 1.47. The Hall–Kier alpha value is -0.900. The number of anilines is 1. The molecule has 3 aliphatic carbocycles. The van der Waals surface area contributed by atoms with Crippen molar-refractivity contribution in [2.75, 3.05) is 5.32 Å². The van der Waals surface area contributed by atoms with Gasteiger partial charge < -0.3 is 5.32 Å². The predicted octanol–water partition coefficient (Wildman–Crippen LogP) is 3.07. The van der Waals surface area contributed by atoms with Crippen LogP contribution < -0.4 is 5.32 Å². The van der Waals surface area contributed by atoms with Crippen molar-refractivity contribution < 1.29 is 4.79 Å². The number of rotatable bonds is 2. The van der Waals surface area contributed by atoms with E-state index in [1.807, 2.05) is 18.2 Å². The Bertz CT molecular complexity index is 502. The maximum Gasteiger partial charge on any atom is 0.229 e. The standard InChI is InChI=1S/C14H15BrN2O/c15-9-2-1-3-10(16-9)17-14(18)13-11-7-4-5-8(6-7)12(11)13/h1-3,7-8,11-13H,4-6H2,(H,16,17,18). The van der Waals surface area contributed by atoms with E-state index >= 15 is 0 Å². The van der Waals surface area contributed by atoms with Gasteiger partial charge >= 0.3 is 0 Å². The number of carbonyl (C=O) groups excluding carboxylic acids is 1. The highest BCUT2D eigenvalue weighted by Crippen LogP contribution is 2.69. The number of nitrogens with zero attached hydrogens (tertiary/aromatic N) is 1. The van der Waals surface area contributed by atoms with Crippen molar-refractivity contribution in [3.8, 4) is 0 Å². The van der Waals surface area contributed by atoms with E-state index in [1.165, 1.54) is 19.3 Å². The van der Waals surface area contributed by atoms with Gasteiger partial charge in [-0.25, -0.2) is 4.98 Å². The van der Waals surface area contributed by atoms with Gasteiger partial charge in [0.25, 0.3) is 0 Å². The second kappa shape index (κ2) is 3.80. The SMILES string of the molecule is O=C(Nc1cccc(Br)n1)C1C2C3CCC(C3)C12. The Kier molecular flexibility index (Phi) is 2.31. The third-order valence-corrected chi connectivity index (χ3v) is 5.45. The molecule has 94 valence electrons. The second-order valence-corrected chi connectivity index (χ2v) is 6.66. The van der Waals surface area contributed by atoms with E-state index in [1.54, 1.807) is 0 Å². The minimum Gasteiger partial charge on any atom is -0.310 e. The maximum absolute atomic E-state index is 12.3. The summed E-state index contributed by atoms with van der Waals surface area (Å²) in [5.74, 6) is 4.18. The number of fused-ring (bicyclic) bond motifs is 5. The van der Waals surface area contributed by atoms with Gasteiger partial charge in [-0.3, -0.25) is 4.79 Å². The molecule has 0 aromatic carbocycles. The molecule has 1 aromatic heterocycles. The van der Waals surface area contributed by atoms with Gasteiger partial charge in [-0.1, -0.05) is 6.07 Å². The van der Waals surface area contributed by atoms with E-state index in [0.29, 0.717) is 17.7 Å². The summed E-state index contributed by atoms with van der Waals surface area (Å²) in [5, 5.41) is 2.96. The van der Waals surface area contributed by atoms with Crippen LogP contribution in [0.25, 0.3) is 0 Å². The van der Waals surface area contributed by atoms with Crippen LogP contribution in [0.1, 0.15) is 19.3 Å². The van der Waals surface area contributed by atoms with Crippen LogP contribution in [0.5, 0.6) is 0 Å². The third kappa shape index (κ3) is 1.54. The maximum atomic E-state index is 12.3. The molecule has 0 spiro atoms. The van der Waals surface area contributed by atoms with Crippen LogP contribution in [0, 0.1) is 29.6 Å². The molecular formula is C14H15BrN2O. The molecule has 4 atom stereocenters. The molecule has 3 nitrogen and oxygen atoms in total. The number of aromatic nitrogens is 1. The van der Waals surface area contributed by atoms with Crippen LogP contribution in [-0.2, 0) is 4.79 Å². The normalized spacial score (nSPS) is 39.5. The Morgan fingerprint density at radius 1 is 1.28 bits per heavy atom. The Labute approximate surface area is 114 Å². The molecule has 0 saturated heterocycles. The molecule has 1 N–H and O–H groups in total. The summed E-state index contributed by atoms with van der Waals surface area (Å²) < 4.78 is 0.761. The van der Waals surface area contributed by atoms with Crippen LogP contribution >= 0.6 is 15.9 Å². The first-order valence-electron chi connectivity index (χ1n) is 6.67. The van der Waals surface area contributed by atoms with E-state index in [2.05, 4.69) is 26.2 Å². The highest BCUT2D eigenvalue weighted by molar-refractivity contribution is 9.10. The zero-order valence-corrected chi connectivity index (χ0v) is 11.6. The van der Waals surface area contributed by atoms with Gasteiger partial charge in [-0.2, -0.15) is 0 Å². The zero-order valence-electron chi connectivity index (χ0n) is 9.97. The fraction of sp³-hybridized carbons (Fsp3) is 0.571. The minimum atomic E-state index is 0.187. The lowest BCUT2D eigenvalue weighted by Gasteiger charge is -2.09. The second-order valence-electron chi connectivity index (χ2n) is 5.85. The number of nitrogens with one attached hydrogen (secondary N) is 1. The van der Waals surface area contributed by atoms with Gasteiger partial charge in [0.05, 0.1) is 0 Å². The van der Waals surface area contributed by atoms with Crippen molar-refractivity contribution in [1.82, 2.24) is 4.98 Å². The number of hydrogen-bond acceptors (Lipinski definition) is 2. The topological polar surface area (TPSA) is 42.0 Å². The summed E-state index contributed by atoms with van der Waals surface area (Å²) in [4.78, 5) is 16.5. The third-order valence-electron chi connectivity index (χ3n) is 5.00. The van der Waals surface area contributed by atoms with Crippen molar-refractivity contribution in [3.05, 3.63) is 22.8 Å². The molecule has 0 aliphatic heterocycles. The average molecular weight is 307 g/mol. The first-order valence-corrected chi connectivity index (χ1v) is 7.47. The molecule has 4 heteroatoms. The fourth-order valence-corrected chi connectivity index (χ4v) is 4.71. The quantitative estimate of drug-likeness (QED) is 0.853. The summed E-state index contributed by atoms with van der Waals surface area (Å²) in [6.45, 7) is 0. The predicted molar refractivity (Wildman–Crippen MR) is 71.9 cm³/mol. The average Bonchev–Trinajstić information content (AvgIpc) is 2.79. The molecule has 2 bridgehead atoms. The number of hydrogen-bond donors (Lipinski definition) is 1. The van der Waals surface area contributed by atoms with Gasteiger partial charge in [0.15, 0.2) is 0 Å². The minimum absolute atomic E-state index is 0.187. The van der Waals surface area contributed by atoms with Gasteiger partial charge in [-0.15, -0.1) is 0 Å². The lowest BCUT2D eigenvalue weighted by Crippen LogP contribution is -2.19. The van der Waals surface area contributed by atoms with Crippen molar-refractivity contribution in [3.63, 3.8) is 0 Å². The zero-order chi connectivity index (χ0) is 12.3. The molecule has 18 heavy (non-hydrogen) atoms. The Morgan fingerprint density at radius 2 is 2.00 bits per heavy atom. The highest BCUT2D eigenvalue weighted by Gasteiger charge is 2.67. The van der Waals surface area contributed by atoms with Crippen molar-refractivity contribution >= 4 is 27.7 Å². The summed E-state index contributed by atoms with van der Waals surface area (Å²) in [7, 11) is 0. The van der Waals surface area contributed by atoms with Crippen LogP contribution in [-0.4, -0.2) is 10.9 Å². The summed E-state index contributed by atoms with van der Waals surface area (Å²) in [6, 6.07) is 5.60. The molecule has 1 heterocycles.